The Balaban J connectivity index is 3.04. The van der Waals surface area contributed by atoms with Gasteiger partial charge in [0.05, 0.1) is 7.11 Å². The molecule has 0 fully saturated rings. The molecule has 14 heavy (non-hydrogen) atoms. The van der Waals surface area contributed by atoms with Crippen molar-refractivity contribution in [3.8, 4) is 5.75 Å². The predicted octanol–water partition coefficient (Wildman–Crippen LogP) is 2.35. The van der Waals surface area contributed by atoms with Crippen LogP contribution in [0.4, 0.5) is 0 Å². The Morgan fingerprint density at radius 3 is 2.57 bits per heavy atom. The maximum absolute atomic E-state index is 9.07. The molecule has 1 N–H and O–H groups in total. The first kappa shape index (κ1) is 11.1. The number of benzene rings is 1. The van der Waals surface area contributed by atoms with Gasteiger partial charge in [0.15, 0.2) is 0 Å². The van der Waals surface area contributed by atoms with Crippen molar-refractivity contribution in [2.45, 2.75) is 26.2 Å². The molecule has 0 spiro atoms. The summed E-state index contributed by atoms with van der Waals surface area (Å²) in [7, 11) is 1.67. The summed E-state index contributed by atoms with van der Waals surface area (Å²) in [5, 5.41) is 9.07. The number of hydrogen-bond acceptors (Lipinski definition) is 2. The summed E-state index contributed by atoms with van der Waals surface area (Å²) < 4.78 is 5.21. The van der Waals surface area contributed by atoms with Crippen molar-refractivity contribution in [2.24, 2.45) is 0 Å². The van der Waals surface area contributed by atoms with Crippen LogP contribution in [0.1, 0.15) is 30.9 Å². The molecule has 0 aliphatic heterocycles. The molecular formula is C12H18O2. The Labute approximate surface area is 85.5 Å². The first-order valence-corrected chi connectivity index (χ1v) is 5.00. The fourth-order valence-electron chi connectivity index (χ4n) is 1.40. The Morgan fingerprint density at radius 2 is 2.07 bits per heavy atom. The van der Waals surface area contributed by atoms with Crippen molar-refractivity contribution in [3.63, 3.8) is 0 Å². The van der Waals surface area contributed by atoms with Gasteiger partial charge >= 0.3 is 0 Å². The smallest absolute Gasteiger partial charge is 0.119 e. The second-order valence-electron chi connectivity index (χ2n) is 3.55. The Hall–Kier alpha value is -1.02. The topological polar surface area (TPSA) is 29.5 Å². The molecule has 1 atom stereocenters. The fraction of sp³-hybridized carbons (Fsp3) is 0.500. The SMILES string of the molecule is CCc1cc(OC)cc(C(C)CO)c1. The number of aliphatic hydroxyl groups is 1. The molecule has 1 aromatic rings. The van der Waals surface area contributed by atoms with E-state index in [1.807, 2.05) is 19.1 Å². The lowest BCUT2D eigenvalue weighted by molar-refractivity contribution is 0.272. The van der Waals surface area contributed by atoms with E-state index in [2.05, 4.69) is 13.0 Å². The maximum Gasteiger partial charge on any atom is 0.119 e. The molecule has 0 aromatic heterocycles. The monoisotopic (exact) mass is 194 g/mol. The summed E-state index contributed by atoms with van der Waals surface area (Å²) in [5.41, 5.74) is 2.39. The molecule has 0 saturated heterocycles. The van der Waals surface area contributed by atoms with Crippen LogP contribution in [0.15, 0.2) is 18.2 Å². The standard InChI is InChI=1S/C12H18O2/c1-4-10-5-11(9(2)8-13)7-12(6-10)14-3/h5-7,9,13H,4,8H2,1-3H3. The van der Waals surface area contributed by atoms with E-state index in [4.69, 9.17) is 9.84 Å². The summed E-state index contributed by atoms with van der Waals surface area (Å²) in [6.07, 6.45) is 0.988. The molecule has 0 heterocycles. The lowest BCUT2D eigenvalue weighted by atomic mass is 9.98. The molecule has 0 aliphatic rings. The number of rotatable bonds is 4. The van der Waals surface area contributed by atoms with Crippen molar-refractivity contribution in [2.75, 3.05) is 13.7 Å². The minimum absolute atomic E-state index is 0.176. The summed E-state index contributed by atoms with van der Waals surface area (Å²) in [6, 6.07) is 6.15. The van der Waals surface area contributed by atoms with E-state index in [9.17, 15) is 0 Å². The van der Waals surface area contributed by atoms with Gasteiger partial charge in [-0.15, -0.1) is 0 Å². The zero-order valence-electron chi connectivity index (χ0n) is 9.08. The van der Waals surface area contributed by atoms with Crippen molar-refractivity contribution in [3.05, 3.63) is 29.3 Å². The molecular weight excluding hydrogens is 176 g/mol. The minimum atomic E-state index is 0.176. The quantitative estimate of drug-likeness (QED) is 0.797. The van der Waals surface area contributed by atoms with Crippen molar-refractivity contribution < 1.29 is 9.84 Å². The minimum Gasteiger partial charge on any atom is -0.497 e. The van der Waals surface area contributed by atoms with Gasteiger partial charge in [-0.1, -0.05) is 19.9 Å². The van der Waals surface area contributed by atoms with Gasteiger partial charge in [-0.05, 0) is 29.7 Å². The molecule has 1 rings (SSSR count). The highest BCUT2D eigenvalue weighted by molar-refractivity contribution is 5.36. The summed E-state index contributed by atoms with van der Waals surface area (Å²) in [5.74, 6) is 1.05. The van der Waals surface area contributed by atoms with Gasteiger partial charge < -0.3 is 9.84 Å². The van der Waals surface area contributed by atoms with Crippen LogP contribution in [0, 0.1) is 0 Å². The number of aliphatic hydroxyl groups excluding tert-OH is 1. The second kappa shape index (κ2) is 5.01. The summed E-state index contributed by atoms with van der Waals surface area (Å²) in [6.45, 7) is 4.30. The van der Waals surface area contributed by atoms with Crippen LogP contribution in [0.3, 0.4) is 0 Å². The van der Waals surface area contributed by atoms with E-state index in [1.54, 1.807) is 7.11 Å². The van der Waals surface area contributed by atoms with E-state index >= 15 is 0 Å². The Morgan fingerprint density at radius 1 is 1.36 bits per heavy atom. The van der Waals surface area contributed by atoms with Crippen LogP contribution in [0.2, 0.25) is 0 Å². The van der Waals surface area contributed by atoms with E-state index < -0.39 is 0 Å². The van der Waals surface area contributed by atoms with Gasteiger partial charge in [0.1, 0.15) is 5.75 Å². The fourth-order valence-corrected chi connectivity index (χ4v) is 1.40. The molecule has 1 unspecified atom stereocenters. The highest BCUT2D eigenvalue weighted by Gasteiger charge is 2.06. The van der Waals surface area contributed by atoms with Crippen LogP contribution in [0.5, 0.6) is 5.75 Å². The molecule has 0 aliphatic carbocycles. The molecule has 0 bridgehead atoms. The van der Waals surface area contributed by atoms with Gasteiger partial charge in [-0.3, -0.25) is 0 Å². The molecule has 2 heteroatoms. The molecule has 1 aromatic carbocycles. The number of hydrogen-bond donors (Lipinski definition) is 1. The van der Waals surface area contributed by atoms with Crippen molar-refractivity contribution in [1.82, 2.24) is 0 Å². The summed E-state index contributed by atoms with van der Waals surface area (Å²) in [4.78, 5) is 0. The molecule has 78 valence electrons. The van der Waals surface area contributed by atoms with Crippen LogP contribution >= 0.6 is 0 Å². The molecule has 0 amide bonds. The number of methoxy groups -OCH3 is 1. The third kappa shape index (κ3) is 2.48. The summed E-state index contributed by atoms with van der Waals surface area (Å²) >= 11 is 0. The van der Waals surface area contributed by atoms with Crippen molar-refractivity contribution in [1.29, 1.82) is 0 Å². The highest BCUT2D eigenvalue weighted by atomic mass is 16.5. The van der Waals surface area contributed by atoms with Crippen molar-refractivity contribution >= 4 is 0 Å². The van der Waals surface area contributed by atoms with Crippen LogP contribution < -0.4 is 4.74 Å². The van der Waals surface area contributed by atoms with Crippen LogP contribution in [-0.2, 0) is 6.42 Å². The average molecular weight is 194 g/mol. The predicted molar refractivity (Wildman–Crippen MR) is 57.9 cm³/mol. The molecule has 2 nitrogen and oxygen atoms in total. The highest BCUT2D eigenvalue weighted by Crippen LogP contribution is 2.23. The van der Waals surface area contributed by atoms with Crippen LogP contribution in [-0.4, -0.2) is 18.8 Å². The third-order valence-electron chi connectivity index (χ3n) is 2.48. The normalized spacial score (nSPS) is 12.6. The maximum atomic E-state index is 9.07. The molecule has 0 radical (unpaired) electrons. The van der Waals surface area contributed by atoms with E-state index in [0.717, 1.165) is 17.7 Å². The third-order valence-corrected chi connectivity index (χ3v) is 2.48. The first-order chi connectivity index (χ1) is 6.71. The Kier molecular flexibility index (Phi) is 3.96. The first-order valence-electron chi connectivity index (χ1n) is 5.00. The second-order valence-corrected chi connectivity index (χ2v) is 3.55. The zero-order chi connectivity index (χ0) is 10.6. The van der Waals surface area contributed by atoms with Gasteiger partial charge in [0.25, 0.3) is 0 Å². The van der Waals surface area contributed by atoms with Gasteiger partial charge in [0.2, 0.25) is 0 Å². The van der Waals surface area contributed by atoms with Gasteiger partial charge in [-0.25, -0.2) is 0 Å². The van der Waals surface area contributed by atoms with E-state index in [1.165, 1.54) is 5.56 Å². The Bertz CT molecular complexity index is 272. The van der Waals surface area contributed by atoms with Gasteiger partial charge in [-0.2, -0.15) is 0 Å². The molecule has 0 saturated carbocycles. The van der Waals surface area contributed by atoms with Crippen LogP contribution in [0.25, 0.3) is 0 Å². The number of aryl methyl sites for hydroxylation is 1. The lowest BCUT2D eigenvalue weighted by Gasteiger charge is -2.12. The average Bonchev–Trinajstić information content (AvgIpc) is 2.27. The number of ether oxygens (including phenoxy) is 1. The largest absolute Gasteiger partial charge is 0.497 e. The lowest BCUT2D eigenvalue weighted by Crippen LogP contribution is -2.00. The van der Waals surface area contributed by atoms with E-state index in [-0.39, 0.29) is 12.5 Å². The van der Waals surface area contributed by atoms with E-state index in [0.29, 0.717) is 0 Å². The zero-order valence-corrected chi connectivity index (χ0v) is 9.08. The van der Waals surface area contributed by atoms with Gasteiger partial charge in [0, 0.05) is 12.5 Å².